The highest BCUT2D eigenvalue weighted by Gasteiger charge is 2.12. The number of ether oxygens (including phenoxy) is 2. The van der Waals surface area contributed by atoms with E-state index in [-0.39, 0.29) is 0 Å². The van der Waals surface area contributed by atoms with Crippen LogP contribution >= 0.6 is 15.9 Å². The minimum Gasteiger partial charge on any atom is -0.493 e. The number of benzene rings is 2. The fraction of sp³-hybridized carbons (Fsp3) is 0.333. The van der Waals surface area contributed by atoms with E-state index in [1.54, 1.807) is 7.11 Å². The van der Waals surface area contributed by atoms with E-state index < -0.39 is 0 Å². The highest BCUT2D eigenvalue weighted by Crippen LogP contribution is 2.37. The zero-order valence-corrected chi connectivity index (χ0v) is 14.8. The SMILES string of the molecule is COc1cc(CNC(C)C)cc(Br)c1OCc1ccccc1. The standard InChI is InChI=1S/C18H22BrNO2/c1-13(2)20-11-15-9-16(19)18(17(10-15)21-3)22-12-14-7-5-4-6-8-14/h4-10,13,20H,11-12H2,1-3H3. The molecular formula is C18H22BrNO2. The van der Waals surface area contributed by atoms with Gasteiger partial charge in [-0.2, -0.15) is 0 Å². The highest BCUT2D eigenvalue weighted by molar-refractivity contribution is 9.10. The normalized spacial score (nSPS) is 10.8. The van der Waals surface area contributed by atoms with Crippen LogP contribution in [0.2, 0.25) is 0 Å². The van der Waals surface area contributed by atoms with E-state index in [0.29, 0.717) is 12.6 Å². The molecule has 0 amide bonds. The van der Waals surface area contributed by atoms with Crippen LogP contribution in [-0.4, -0.2) is 13.2 Å². The van der Waals surface area contributed by atoms with E-state index in [1.807, 2.05) is 36.4 Å². The van der Waals surface area contributed by atoms with Gasteiger partial charge in [-0.3, -0.25) is 0 Å². The third-order valence-electron chi connectivity index (χ3n) is 3.23. The number of halogens is 1. The van der Waals surface area contributed by atoms with Gasteiger partial charge in [-0.1, -0.05) is 44.2 Å². The van der Waals surface area contributed by atoms with E-state index in [9.17, 15) is 0 Å². The first kappa shape index (κ1) is 16.8. The predicted octanol–water partition coefficient (Wildman–Crippen LogP) is 4.53. The molecule has 0 aliphatic heterocycles. The first-order valence-electron chi connectivity index (χ1n) is 7.36. The number of rotatable bonds is 7. The van der Waals surface area contributed by atoms with Crippen LogP contribution in [0.25, 0.3) is 0 Å². The summed E-state index contributed by atoms with van der Waals surface area (Å²) in [4.78, 5) is 0. The van der Waals surface area contributed by atoms with Crippen molar-refractivity contribution in [1.82, 2.24) is 5.32 Å². The molecule has 0 saturated heterocycles. The number of hydrogen-bond acceptors (Lipinski definition) is 3. The lowest BCUT2D eigenvalue weighted by Crippen LogP contribution is -2.21. The zero-order chi connectivity index (χ0) is 15.9. The van der Waals surface area contributed by atoms with Crippen LogP contribution in [0, 0.1) is 0 Å². The Morgan fingerprint density at radius 2 is 1.82 bits per heavy atom. The van der Waals surface area contributed by atoms with Crippen molar-refractivity contribution in [2.24, 2.45) is 0 Å². The summed E-state index contributed by atoms with van der Waals surface area (Å²) in [6, 6.07) is 14.6. The quantitative estimate of drug-likeness (QED) is 0.783. The molecule has 0 spiro atoms. The van der Waals surface area contributed by atoms with Crippen molar-refractivity contribution in [3.63, 3.8) is 0 Å². The van der Waals surface area contributed by atoms with Crippen LogP contribution in [0.4, 0.5) is 0 Å². The molecule has 118 valence electrons. The van der Waals surface area contributed by atoms with Gasteiger partial charge in [0.1, 0.15) is 6.61 Å². The van der Waals surface area contributed by atoms with Gasteiger partial charge in [0.05, 0.1) is 11.6 Å². The van der Waals surface area contributed by atoms with Gasteiger partial charge in [-0.15, -0.1) is 0 Å². The molecule has 0 saturated carbocycles. The molecule has 22 heavy (non-hydrogen) atoms. The molecular weight excluding hydrogens is 342 g/mol. The number of methoxy groups -OCH3 is 1. The van der Waals surface area contributed by atoms with E-state index >= 15 is 0 Å². The lowest BCUT2D eigenvalue weighted by Gasteiger charge is -2.15. The largest absolute Gasteiger partial charge is 0.493 e. The van der Waals surface area contributed by atoms with Crippen LogP contribution in [0.5, 0.6) is 11.5 Å². The summed E-state index contributed by atoms with van der Waals surface area (Å²) < 4.78 is 12.3. The Bertz CT molecular complexity index is 600. The molecule has 0 aliphatic carbocycles. The van der Waals surface area contributed by atoms with Crippen molar-refractivity contribution in [1.29, 1.82) is 0 Å². The minimum atomic E-state index is 0.443. The van der Waals surface area contributed by atoms with Crippen molar-refractivity contribution in [2.45, 2.75) is 33.0 Å². The minimum absolute atomic E-state index is 0.443. The predicted molar refractivity (Wildman–Crippen MR) is 93.4 cm³/mol. The summed E-state index contributed by atoms with van der Waals surface area (Å²) in [5.41, 5.74) is 2.28. The topological polar surface area (TPSA) is 30.5 Å². The van der Waals surface area contributed by atoms with Gasteiger partial charge in [-0.25, -0.2) is 0 Å². The highest BCUT2D eigenvalue weighted by atomic mass is 79.9. The van der Waals surface area contributed by atoms with Crippen LogP contribution in [0.3, 0.4) is 0 Å². The fourth-order valence-corrected chi connectivity index (χ4v) is 2.67. The third kappa shape index (κ3) is 4.75. The van der Waals surface area contributed by atoms with E-state index in [0.717, 1.165) is 33.6 Å². The molecule has 0 unspecified atom stereocenters. The lowest BCUT2D eigenvalue weighted by molar-refractivity contribution is 0.282. The van der Waals surface area contributed by atoms with E-state index in [4.69, 9.17) is 9.47 Å². The van der Waals surface area contributed by atoms with Gasteiger partial charge >= 0.3 is 0 Å². The Hall–Kier alpha value is -1.52. The Morgan fingerprint density at radius 1 is 1.09 bits per heavy atom. The molecule has 0 radical (unpaired) electrons. The average Bonchev–Trinajstić information content (AvgIpc) is 2.52. The second-order valence-electron chi connectivity index (χ2n) is 5.42. The van der Waals surface area contributed by atoms with Gasteiger partial charge in [0.15, 0.2) is 11.5 Å². The van der Waals surface area contributed by atoms with Crippen molar-refractivity contribution in [3.05, 3.63) is 58.1 Å². The number of nitrogens with one attached hydrogen (secondary N) is 1. The number of hydrogen-bond donors (Lipinski definition) is 1. The van der Waals surface area contributed by atoms with Gasteiger partial charge in [0, 0.05) is 12.6 Å². The molecule has 0 bridgehead atoms. The van der Waals surface area contributed by atoms with Crippen LogP contribution in [0.1, 0.15) is 25.0 Å². The molecule has 0 heterocycles. The monoisotopic (exact) mass is 363 g/mol. The molecule has 2 aromatic rings. The average molecular weight is 364 g/mol. The second-order valence-corrected chi connectivity index (χ2v) is 6.27. The Labute approximate surface area is 140 Å². The summed E-state index contributed by atoms with van der Waals surface area (Å²) >= 11 is 3.59. The zero-order valence-electron chi connectivity index (χ0n) is 13.2. The third-order valence-corrected chi connectivity index (χ3v) is 3.82. The van der Waals surface area contributed by atoms with Crippen LogP contribution in [-0.2, 0) is 13.2 Å². The maximum absolute atomic E-state index is 5.93. The van der Waals surface area contributed by atoms with Gasteiger partial charge in [0.25, 0.3) is 0 Å². The van der Waals surface area contributed by atoms with Crippen LogP contribution < -0.4 is 14.8 Å². The summed E-state index contributed by atoms with van der Waals surface area (Å²) in [5, 5.41) is 3.40. The molecule has 0 atom stereocenters. The summed E-state index contributed by atoms with van der Waals surface area (Å²) in [6.45, 7) is 5.57. The molecule has 0 aliphatic rings. The van der Waals surface area contributed by atoms with Crippen molar-refractivity contribution >= 4 is 15.9 Å². The second kappa shape index (κ2) is 8.20. The van der Waals surface area contributed by atoms with Gasteiger partial charge in [0.2, 0.25) is 0 Å². The fourth-order valence-electron chi connectivity index (χ4n) is 2.07. The summed E-state index contributed by atoms with van der Waals surface area (Å²) in [6.07, 6.45) is 0. The van der Waals surface area contributed by atoms with Crippen molar-refractivity contribution in [3.8, 4) is 11.5 Å². The van der Waals surface area contributed by atoms with Crippen LogP contribution in [0.15, 0.2) is 46.9 Å². The maximum Gasteiger partial charge on any atom is 0.175 e. The first-order chi connectivity index (χ1) is 10.6. The van der Waals surface area contributed by atoms with Gasteiger partial charge < -0.3 is 14.8 Å². The van der Waals surface area contributed by atoms with Crippen molar-refractivity contribution in [2.75, 3.05) is 7.11 Å². The molecule has 1 N–H and O–H groups in total. The molecule has 0 aromatic heterocycles. The van der Waals surface area contributed by atoms with E-state index in [1.165, 1.54) is 0 Å². The van der Waals surface area contributed by atoms with Gasteiger partial charge in [-0.05, 0) is 39.2 Å². The Balaban J connectivity index is 2.13. The summed E-state index contributed by atoms with van der Waals surface area (Å²) in [5.74, 6) is 1.48. The lowest BCUT2D eigenvalue weighted by atomic mass is 10.2. The molecule has 0 fully saturated rings. The Kier molecular flexibility index (Phi) is 6.28. The van der Waals surface area contributed by atoms with E-state index in [2.05, 4.69) is 41.2 Å². The first-order valence-corrected chi connectivity index (χ1v) is 8.16. The smallest absolute Gasteiger partial charge is 0.175 e. The molecule has 3 nitrogen and oxygen atoms in total. The molecule has 2 aromatic carbocycles. The summed E-state index contributed by atoms with van der Waals surface area (Å²) in [7, 11) is 1.66. The molecule has 4 heteroatoms. The van der Waals surface area contributed by atoms with Crippen molar-refractivity contribution < 1.29 is 9.47 Å². The molecule has 2 rings (SSSR count). The Morgan fingerprint density at radius 3 is 2.45 bits per heavy atom. The maximum atomic E-state index is 5.93.